The fourth-order valence-electron chi connectivity index (χ4n) is 2.36. The zero-order valence-corrected chi connectivity index (χ0v) is 15.1. The van der Waals surface area contributed by atoms with Crippen LogP contribution in [0.25, 0.3) is 0 Å². The number of carbonyl (C=O) groups excluding carboxylic acids is 2. The van der Waals surface area contributed by atoms with E-state index in [1.54, 1.807) is 12.1 Å². The third-order valence-corrected chi connectivity index (χ3v) is 3.95. The van der Waals surface area contributed by atoms with Gasteiger partial charge in [-0.05, 0) is 25.1 Å². The van der Waals surface area contributed by atoms with Crippen molar-refractivity contribution < 1.29 is 24.2 Å². The van der Waals surface area contributed by atoms with E-state index in [9.17, 15) is 9.59 Å². The summed E-state index contributed by atoms with van der Waals surface area (Å²) in [5.41, 5.74) is 0.912. The molecule has 0 bridgehead atoms. The summed E-state index contributed by atoms with van der Waals surface area (Å²) in [6, 6.07) is 5.34. The van der Waals surface area contributed by atoms with Crippen LogP contribution >= 0.6 is 15.9 Å². The Morgan fingerprint density at radius 2 is 2.21 bits per heavy atom. The van der Waals surface area contributed by atoms with E-state index in [0.29, 0.717) is 18.0 Å². The Balaban J connectivity index is 2.38. The fraction of sp³-hybridized carbons (Fsp3) is 0.375. The molecule has 1 aromatic rings. The number of hydrogen-bond donors (Lipinski definition) is 2. The van der Waals surface area contributed by atoms with Gasteiger partial charge < -0.3 is 24.8 Å². The maximum atomic E-state index is 12.5. The summed E-state index contributed by atoms with van der Waals surface area (Å²) >= 11 is 3.37. The average Bonchev–Trinajstić information content (AvgIpc) is 2.87. The van der Waals surface area contributed by atoms with Gasteiger partial charge in [0.1, 0.15) is 11.4 Å². The van der Waals surface area contributed by atoms with E-state index >= 15 is 0 Å². The van der Waals surface area contributed by atoms with Crippen LogP contribution in [0.5, 0.6) is 5.75 Å². The zero-order valence-electron chi connectivity index (χ0n) is 13.5. The van der Waals surface area contributed by atoms with Crippen LogP contribution in [-0.4, -0.2) is 55.3 Å². The molecule has 0 radical (unpaired) electrons. The van der Waals surface area contributed by atoms with Crippen LogP contribution < -0.4 is 10.1 Å². The molecular formula is C16H19BrN2O5. The number of amides is 1. The molecule has 130 valence electrons. The number of benzene rings is 1. The normalized spacial score (nSPS) is 14.2. The summed E-state index contributed by atoms with van der Waals surface area (Å²) in [4.78, 5) is 25.9. The molecule has 8 heteroatoms. The molecule has 0 aromatic heterocycles. The molecule has 2 rings (SSSR count). The topological polar surface area (TPSA) is 88.1 Å². The lowest BCUT2D eigenvalue weighted by atomic mass is 10.2. The highest BCUT2D eigenvalue weighted by molar-refractivity contribution is 9.10. The van der Waals surface area contributed by atoms with Gasteiger partial charge in [-0.3, -0.25) is 4.79 Å². The number of aliphatic hydroxyl groups is 1. The van der Waals surface area contributed by atoms with E-state index in [0.717, 1.165) is 4.47 Å². The molecule has 1 heterocycles. The van der Waals surface area contributed by atoms with Crippen molar-refractivity contribution >= 4 is 33.5 Å². The Morgan fingerprint density at radius 3 is 2.83 bits per heavy atom. The maximum absolute atomic E-state index is 12.5. The number of anilines is 1. The number of esters is 1. The summed E-state index contributed by atoms with van der Waals surface area (Å²) in [6.07, 6.45) is 0. The number of aliphatic hydroxyl groups excluding tert-OH is 1. The second kappa shape index (κ2) is 8.16. The Labute approximate surface area is 148 Å². The third-order valence-electron chi connectivity index (χ3n) is 3.45. The SMILES string of the molecule is CCOc1ccc(Br)cc1NC1=C(C(=O)OC)CN(CCO)C1=O. The van der Waals surface area contributed by atoms with Gasteiger partial charge >= 0.3 is 5.97 Å². The Hall–Kier alpha value is -2.06. The lowest BCUT2D eigenvalue weighted by molar-refractivity contribution is -0.136. The van der Waals surface area contributed by atoms with E-state index in [-0.39, 0.29) is 36.9 Å². The first kappa shape index (κ1) is 18.3. The second-order valence-electron chi connectivity index (χ2n) is 4.99. The number of carbonyl (C=O) groups is 2. The summed E-state index contributed by atoms with van der Waals surface area (Å²) < 4.78 is 11.1. The number of nitrogens with one attached hydrogen (secondary N) is 1. The highest BCUT2D eigenvalue weighted by Crippen LogP contribution is 2.31. The van der Waals surface area contributed by atoms with Gasteiger partial charge in [0.2, 0.25) is 0 Å². The first-order valence-electron chi connectivity index (χ1n) is 7.42. The van der Waals surface area contributed by atoms with Crippen molar-refractivity contribution in [2.24, 2.45) is 0 Å². The number of rotatable bonds is 7. The summed E-state index contributed by atoms with van der Waals surface area (Å²) in [5.74, 6) is -0.392. The molecule has 2 N–H and O–H groups in total. The van der Waals surface area contributed by atoms with Gasteiger partial charge in [0.25, 0.3) is 5.91 Å². The van der Waals surface area contributed by atoms with Crippen molar-refractivity contribution in [3.8, 4) is 5.75 Å². The summed E-state index contributed by atoms with van der Waals surface area (Å²) in [5, 5.41) is 12.1. The first-order valence-corrected chi connectivity index (χ1v) is 8.22. The molecule has 1 aliphatic heterocycles. The molecule has 0 saturated carbocycles. The predicted octanol–water partition coefficient (Wildman–Crippen LogP) is 1.52. The Kier molecular flexibility index (Phi) is 6.22. The summed E-state index contributed by atoms with van der Waals surface area (Å²) in [7, 11) is 1.26. The van der Waals surface area contributed by atoms with Crippen molar-refractivity contribution in [1.29, 1.82) is 0 Å². The molecule has 1 aromatic carbocycles. The Morgan fingerprint density at radius 1 is 1.46 bits per heavy atom. The van der Waals surface area contributed by atoms with Crippen molar-refractivity contribution in [2.75, 3.05) is 38.7 Å². The number of halogens is 1. The van der Waals surface area contributed by atoms with Crippen LogP contribution in [0.3, 0.4) is 0 Å². The molecule has 24 heavy (non-hydrogen) atoms. The highest BCUT2D eigenvalue weighted by Gasteiger charge is 2.34. The molecule has 1 aliphatic rings. The van der Waals surface area contributed by atoms with Crippen LogP contribution in [0.2, 0.25) is 0 Å². The maximum Gasteiger partial charge on any atom is 0.337 e. The van der Waals surface area contributed by atoms with Gasteiger partial charge in [-0.1, -0.05) is 15.9 Å². The molecule has 0 fully saturated rings. The standard InChI is InChI=1S/C16H19BrN2O5/c1-3-24-13-5-4-10(17)8-12(13)18-14-11(16(22)23-2)9-19(6-7-20)15(14)21/h4-5,8,18,20H,3,6-7,9H2,1-2H3. The lowest BCUT2D eigenvalue weighted by Gasteiger charge is -2.16. The Bertz CT molecular complexity index is 674. The molecule has 0 atom stereocenters. The molecule has 1 amide bonds. The molecule has 0 unspecified atom stereocenters. The van der Waals surface area contributed by atoms with Crippen LogP contribution in [0, 0.1) is 0 Å². The number of methoxy groups -OCH3 is 1. The molecule has 0 spiro atoms. The number of nitrogens with zero attached hydrogens (tertiary/aromatic N) is 1. The van der Waals surface area contributed by atoms with Crippen LogP contribution in [-0.2, 0) is 14.3 Å². The average molecular weight is 399 g/mol. The lowest BCUT2D eigenvalue weighted by Crippen LogP contribution is -2.31. The van der Waals surface area contributed by atoms with E-state index < -0.39 is 5.97 Å². The van der Waals surface area contributed by atoms with Crippen molar-refractivity contribution in [1.82, 2.24) is 4.90 Å². The van der Waals surface area contributed by atoms with Gasteiger partial charge in [-0.15, -0.1) is 0 Å². The predicted molar refractivity (Wildman–Crippen MR) is 91.6 cm³/mol. The van der Waals surface area contributed by atoms with Gasteiger partial charge in [0, 0.05) is 11.0 Å². The zero-order chi connectivity index (χ0) is 17.7. The van der Waals surface area contributed by atoms with Gasteiger partial charge in [-0.2, -0.15) is 0 Å². The fourth-order valence-corrected chi connectivity index (χ4v) is 2.73. The van der Waals surface area contributed by atoms with Crippen molar-refractivity contribution in [3.05, 3.63) is 33.9 Å². The second-order valence-corrected chi connectivity index (χ2v) is 5.91. The van der Waals surface area contributed by atoms with E-state index in [2.05, 4.69) is 21.2 Å². The van der Waals surface area contributed by atoms with Crippen LogP contribution in [0.15, 0.2) is 33.9 Å². The number of hydrogen-bond acceptors (Lipinski definition) is 6. The summed E-state index contributed by atoms with van der Waals surface area (Å²) in [6.45, 7) is 2.36. The van der Waals surface area contributed by atoms with Crippen molar-refractivity contribution in [2.45, 2.75) is 6.92 Å². The van der Waals surface area contributed by atoms with E-state index in [4.69, 9.17) is 14.6 Å². The molecule has 7 nitrogen and oxygen atoms in total. The van der Waals surface area contributed by atoms with E-state index in [1.807, 2.05) is 13.0 Å². The minimum atomic E-state index is -0.584. The minimum Gasteiger partial charge on any atom is -0.492 e. The van der Waals surface area contributed by atoms with Gasteiger partial charge in [0.15, 0.2) is 0 Å². The number of β-amino-alcohol motifs (C(OH)–C–C–N with tert-alkyl or cyclic N) is 1. The minimum absolute atomic E-state index is 0.0897. The third kappa shape index (κ3) is 3.88. The molecular weight excluding hydrogens is 380 g/mol. The van der Waals surface area contributed by atoms with Gasteiger partial charge in [0.05, 0.1) is 38.1 Å². The highest BCUT2D eigenvalue weighted by atomic mass is 79.9. The van der Waals surface area contributed by atoms with Crippen molar-refractivity contribution in [3.63, 3.8) is 0 Å². The van der Waals surface area contributed by atoms with Crippen LogP contribution in [0.4, 0.5) is 5.69 Å². The van der Waals surface area contributed by atoms with E-state index in [1.165, 1.54) is 12.0 Å². The molecule has 0 aliphatic carbocycles. The first-order chi connectivity index (χ1) is 11.5. The quantitative estimate of drug-likeness (QED) is 0.677. The van der Waals surface area contributed by atoms with Gasteiger partial charge in [-0.25, -0.2) is 4.79 Å². The van der Waals surface area contributed by atoms with Crippen LogP contribution in [0.1, 0.15) is 6.92 Å². The largest absolute Gasteiger partial charge is 0.492 e. The smallest absolute Gasteiger partial charge is 0.337 e. The monoisotopic (exact) mass is 398 g/mol. The molecule has 0 saturated heterocycles. The number of ether oxygens (including phenoxy) is 2.